The van der Waals surface area contributed by atoms with Gasteiger partial charge in [0.1, 0.15) is 35.3 Å². The van der Waals surface area contributed by atoms with E-state index in [1.807, 2.05) is 19.1 Å². The van der Waals surface area contributed by atoms with Crippen molar-refractivity contribution in [1.29, 1.82) is 0 Å². The van der Waals surface area contributed by atoms with Crippen molar-refractivity contribution in [3.05, 3.63) is 46.3 Å². The number of nitrogens with one attached hydrogen (secondary N) is 3. The first-order chi connectivity index (χ1) is 23.1. The number of alkyl carbamates (subject to hydrolysis) is 1. The summed E-state index contributed by atoms with van der Waals surface area (Å²) < 4.78 is 17.4. The van der Waals surface area contributed by atoms with E-state index in [4.69, 9.17) is 14.2 Å². The fraction of sp³-hybridized carbons (Fsp3) is 0.571. The summed E-state index contributed by atoms with van der Waals surface area (Å²) in [6.07, 6.45) is 9.16. The van der Waals surface area contributed by atoms with E-state index in [0.717, 1.165) is 44.1 Å². The Morgan fingerprint density at radius 2 is 1.81 bits per heavy atom. The third kappa shape index (κ3) is 7.00. The summed E-state index contributed by atoms with van der Waals surface area (Å²) >= 11 is 0. The number of H-pyrrole nitrogens is 1. The van der Waals surface area contributed by atoms with Crippen LogP contribution < -0.4 is 25.7 Å². The highest BCUT2D eigenvalue weighted by Gasteiger charge is 2.61. The number of methoxy groups -OCH3 is 1. The number of aromatic nitrogens is 1. The molecule has 1 aromatic carbocycles. The van der Waals surface area contributed by atoms with Crippen molar-refractivity contribution in [3.63, 3.8) is 0 Å². The monoisotopic (exact) mass is 664 g/mol. The van der Waals surface area contributed by atoms with Gasteiger partial charge in [0, 0.05) is 41.8 Å². The average molecular weight is 665 g/mol. The number of benzene rings is 1. The number of aliphatic carboxylic acids is 1. The highest BCUT2D eigenvalue weighted by Crippen LogP contribution is 2.45. The molecule has 258 valence electrons. The van der Waals surface area contributed by atoms with Gasteiger partial charge in [0.25, 0.3) is 5.56 Å². The van der Waals surface area contributed by atoms with Gasteiger partial charge in [-0.15, -0.1) is 0 Å². The minimum absolute atomic E-state index is 0.0307. The zero-order valence-electron chi connectivity index (χ0n) is 27.4. The number of fused-ring (bicyclic) bond motifs is 3. The number of carbonyl (C=O) groups is 4. The molecule has 0 radical (unpaired) electrons. The number of nitrogens with zero attached hydrogens (tertiary/aromatic N) is 1. The molecule has 3 heterocycles. The number of rotatable bonds is 6. The Labute approximate surface area is 278 Å². The molecular formula is C35H44N4O9. The van der Waals surface area contributed by atoms with Crippen molar-refractivity contribution in [2.75, 3.05) is 13.7 Å². The standard InChI is InChI=1S/C35H44N4O9/c1-20-27(46-2)14-13-25-28(17-29(40)37-31(20)25)47-24-16-26-32(42)38-35(33(43)44)18-21(35)9-5-3-4-6-10-22(15-30(41)39(26)19-24)36-34(45)48-23-11-7-8-12-23/h5,9,13-14,17,21-24,26H,3-4,6-8,10-12,15-16,18-19H2,1-2H3,(H,36,45)(H,37,40)(H,38,42)(H,43,44)/b9-5-/t21-,22+,24-,26+,35-/m1/s1. The zero-order valence-corrected chi connectivity index (χ0v) is 27.4. The van der Waals surface area contributed by atoms with Gasteiger partial charge in [-0.05, 0) is 70.4 Å². The van der Waals surface area contributed by atoms with Crippen LogP contribution in [-0.2, 0) is 19.1 Å². The highest BCUT2D eigenvalue weighted by molar-refractivity contribution is 5.95. The predicted octanol–water partition coefficient (Wildman–Crippen LogP) is 3.71. The van der Waals surface area contributed by atoms with Gasteiger partial charge in [-0.25, -0.2) is 9.59 Å². The molecule has 48 heavy (non-hydrogen) atoms. The second kappa shape index (κ2) is 13.9. The maximum Gasteiger partial charge on any atom is 0.407 e. The van der Waals surface area contributed by atoms with Crippen molar-refractivity contribution < 1.29 is 38.5 Å². The molecule has 2 aliphatic heterocycles. The van der Waals surface area contributed by atoms with E-state index in [9.17, 15) is 29.1 Å². The van der Waals surface area contributed by atoms with E-state index in [0.29, 0.717) is 35.2 Å². The number of allylic oxidation sites excluding steroid dienone is 1. The first kappa shape index (κ1) is 33.4. The third-order valence-electron chi connectivity index (χ3n) is 10.2. The lowest BCUT2D eigenvalue weighted by Gasteiger charge is -2.27. The number of aromatic amines is 1. The Morgan fingerprint density at radius 3 is 2.56 bits per heavy atom. The zero-order chi connectivity index (χ0) is 34.0. The molecule has 2 saturated carbocycles. The second-order valence-corrected chi connectivity index (χ2v) is 13.5. The van der Waals surface area contributed by atoms with E-state index in [2.05, 4.69) is 15.6 Å². The molecule has 1 aromatic heterocycles. The van der Waals surface area contributed by atoms with Crippen molar-refractivity contribution in [2.45, 2.75) is 107 Å². The molecule has 1 saturated heterocycles. The van der Waals surface area contributed by atoms with E-state index >= 15 is 0 Å². The number of aryl methyl sites for hydroxylation is 1. The van der Waals surface area contributed by atoms with E-state index in [-0.39, 0.29) is 49.3 Å². The van der Waals surface area contributed by atoms with Crippen LogP contribution in [0.3, 0.4) is 0 Å². The lowest BCUT2D eigenvalue weighted by atomic mass is 10.0. The third-order valence-corrected chi connectivity index (χ3v) is 10.2. The van der Waals surface area contributed by atoms with Crippen LogP contribution in [0.1, 0.15) is 76.2 Å². The predicted molar refractivity (Wildman–Crippen MR) is 175 cm³/mol. The molecule has 3 fully saturated rings. The van der Waals surface area contributed by atoms with Crippen molar-refractivity contribution in [2.24, 2.45) is 5.92 Å². The van der Waals surface area contributed by atoms with Gasteiger partial charge < -0.3 is 39.8 Å². The van der Waals surface area contributed by atoms with Gasteiger partial charge in [0.15, 0.2) is 0 Å². The van der Waals surface area contributed by atoms with Crippen molar-refractivity contribution >= 4 is 34.8 Å². The topological polar surface area (TPSA) is 176 Å². The largest absolute Gasteiger partial charge is 0.496 e. The van der Waals surface area contributed by atoms with E-state index < -0.39 is 41.7 Å². The van der Waals surface area contributed by atoms with Crippen LogP contribution in [0, 0.1) is 12.8 Å². The minimum Gasteiger partial charge on any atom is -0.496 e. The molecule has 2 aliphatic carbocycles. The second-order valence-electron chi connectivity index (χ2n) is 13.5. The molecule has 0 spiro atoms. The average Bonchev–Trinajstić information content (AvgIpc) is 3.33. The Kier molecular flexibility index (Phi) is 9.66. The van der Waals surface area contributed by atoms with Crippen LogP contribution in [0.15, 0.2) is 35.1 Å². The van der Waals surface area contributed by atoms with E-state index in [1.54, 1.807) is 19.2 Å². The SMILES string of the molecule is COc1ccc2c(O[C@@H]3C[C@H]4C(=O)N[C@]5(C(=O)O)C[C@H]5/C=C\CCCC[C@H](NC(=O)OC5CCCC5)CC(=O)N4C3)cc(=O)[nH]c2c1C. The molecule has 4 aliphatic rings. The summed E-state index contributed by atoms with van der Waals surface area (Å²) in [5.41, 5.74) is -0.545. The lowest BCUT2D eigenvalue weighted by molar-refractivity contribution is -0.145. The quantitative estimate of drug-likeness (QED) is 0.336. The number of carbonyl (C=O) groups excluding carboxylic acids is 3. The molecule has 3 amide bonds. The number of amides is 3. The summed E-state index contributed by atoms with van der Waals surface area (Å²) in [4.78, 5) is 70.0. The first-order valence-corrected chi connectivity index (χ1v) is 16.9. The van der Waals surface area contributed by atoms with Crippen LogP contribution in [-0.4, -0.2) is 82.4 Å². The van der Waals surface area contributed by atoms with Crippen molar-refractivity contribution in [3.8, 4) is 11.5 Å². The number of carboxylic acids is 1. The van der Waals surface area contributed by atoms with Gasteiger partial charge in [-0.1, -0.05) is 18.6 Å². The molecule has 13 nitrogen and oxygen atoms in total. The Balaban J connectivity index is 1.26. The van der Waals surface area contributed by atoms with Crippen LogP contribution in [0.25, 0.3) is 10.9 Å². The summed E-state index contributed by atoms with van der Waals surface area (Å²) in [6.45, 7) is 1.85. The van der Waals surface area contributed by atoms with Gasteiger partial charge >= 0.3 is 12.1 Å². The molecule has 0 unspecified atom stereocenters. The van der Waals surface area contributed by atoms with Crippen LogP contribution >= 0.6 is 0 Å². The Morgan fingerprint density at radius 1 is 1.04 bits per heavy atom. The molecule has 2 aromatic rings. The summed E-state index contributed by atoms with van der Waals surface area (Å²) in [5.74, 6) is -1.53. The Bertz CT molecular complexity index is 1670. The molecule has 4 N–H and O–H groups in total. The number of ether oxygens (including phenoxy) is 3. The number of carboxylic acid groups (broad SMARTS) is 1. The Hall–Kier alpha value is -4.55. The summed E-state index contributed by atoms with van der Waals surface area (Å²) in [7, 11) is 1.54. The van der Waals surface area contributed by atoms with E-state index in [1.165, 1.54) is 11.0 Å². The fourth-order valence-corrected chi connectivity index (χ4v) is 7.41. The summed E-state index contributed by atoms with van der Waals surface area (Å²) in [6, 6.07) is 3.35. The minimum atomic E-state index is -1.44. The number of hydrogen-bond acceptors (Lipinski definition) is 8. The van der Waals surface area contributed by atoms with Crippen LogP contribution in [0.4, 0.5) is 4.79 Å². The molecule has 13 heteroatoms. The first-order valence-electron chi connectivity index (χ1n) is 16.9. The van der Waals surface area contributed by atoms with Gasteiger partial charge in [0.05, 0.1) is 19.2 Å². The smallest absolute Gasteiger partial charge is 0.407 e. The molecule has 5 atom stereocenters. The fourth-order valence-electron chi connectivity index (χ4n) is 7.41. The van der Waals surface area contributed by atoms with Gasteiger partial charge in [-0.2, -0.15) is 0 Å². The maximum absolute atomic E-state index is 14.0. The normalized spacial score (nSPS) is 28.8. The van der Waals surface area contributed by atoms with Crippen molar-refractivity contribution in [1.82, 2.24) is 20.5 Å². The van der Waals surface area contributed by atoms with Crippen LogP contribution in [0.5, 0.6) is 11.5 Å². The lowest BCUT2D eigenvalue weighted by Crippen LogP contribution is -2.53. The molecular weight excluding hydrogens is 620 g/mol. The number of pyridine rings is 1. The molecule has 6 rings (SSSR count). The summed E-state index contributed by atoms with van der Waals surface area (Å²) in [5, 5.41) is 16.4. The van der Waals surface area contributed by atoms with Crippen LogP contribution in [0.2, 0.25) is 0 Å². The van der Waals surface area contributed by atoms with Gasteiger partial charge in [0.2, 0.25) is 11.8 Å². The maximum atomic E-state index is 14.0. The number of hydrogen-bond donors (Lipinski definition) is 4. The molecule has 0 bridgehead atoms. The van der Waals surface area contributed by atoms with Gasteiger partial charge in [-0.3, -0.25) is 14.4 Å². The highest BCUT2D eigenvalue weighted by atomic mass is 16.6.